The fourth-order valence-corrected chi connectivity index (χ4v) is 5.84. The Kier molecular flexibility index (Phi) is 9.31. The van der Waals surface area contributed by atoms with Crippen molar-refractivity contribution in [3.63, 3.8) is 0 Å². The maximum Gasteiger partial charge on any atom is 0.236 e. The number of likely N-dealkylation sites (tertiary alicyclic amines) is 2. The molecule has 0 N–H and O–H groups in total. The molecule has 0 bridgehead atoms. The topological polar surface area (TPSA) is 56.3 Å². The van der Waals surface area contributed by atoms with Crippen LogP contribution in [0.25, 0.3) is 0 Å². The van der Waals surface area contributed by atoms with Gasteiger partial charge in [-0.3, -0.25) is 14.5 Å². The Bertz CT molecular complexity index is 855. The van der Waals surface area contributed by atoms with Gasteiger partial charge in [-0.15, -0.1) is 0 Å². The number of carbonyl (C=O) groups is 2. The number of nitrogens with zero attached hydrogens (tertiary/aromatic N) is 4. The standard InChI is InChI=1S/C27H41ClN4O3/c1-2-29-14-16-30(17-15-29)20-26(34)32-13-7-10-27(21-32,19-25(33)31-11-4-3-5-12-31)22-35-24-9-6-8-23(28)18-24/h6,8-9,18H,2-5,7,10-17,19-22H2,1H3/t27-/m0/s1. The smallest absolute Gasteiger partial charge is 0.236 e. The number of likely N-dealkylation sites (N-methyl/N-ethyl adjacent to an activating group) is 1. The molecule has 2 amide bonds. The fourth-order valence-electron chi connectivity index (χ4n) is 5.66. The number of piperazine rings is 1. The number of benzene rings is 1. The highest BCUT2D eigenvalue weighted by Gasteiger charge is 2.41. The van der Waals surface area contributed by atoms with E-state index in [0.29, 0.717) is 36.9 Å². The first-order valence-electron chi connectivity index (χ1n) is 13.3. The summed E-state index contributed by atoms with van der Waals surface area (Å²) in [6.07, 6.45) is 5.54. The lowest BCUT2D eigenvalue weighted by Crippen LogP contribution is -2.54. The van der Waals surface area contributed by atoms with Crippen LogP contribution in [-0.2, 0) is 9.59 Å². The zero-order valence-corrected chi connectivity index (χ0v) is 22.0. The lowest BCUT2D eigenvalue weighted by Gasteiger charge is -2.44. The number of amides is 2. The molecule has 3 saturated heterocycles. The summed E-state index contributed by atoms with van der Waals surface area (Å²) in [7, 11) is 0. The van der Waals surface area contributed by atoms with Crippen molar-refractivity contribution in [3.05, 3.63) is 29.3 Å². The molecule has 0 spiro atoms. The Labute approximate surface area is 215 Å². The highest BCUT2D eigenvalue weighted by atomic mass is 35.5. The second-order valence-electron chi connectivity index (χ2n) is 10.5. The molecule has 0 aromatic heterocycles. The zero-order chi connectivity index (χ0) is 24.7. The lowest BCUT2D eigenvalue weighted by atomic mass is 9.77. The van der Waals surface area contributed by atoms with Crippen LogP contribution in [0, 0.1) is 5.41 Å². The summed E-state index contributed by atoms with van der Waals surface area (Å²) in [5.74, 6) is 1.08. The van der Waals surface area contributed by atoms with E-state index in [0.717, 1.165) is 78.0 Å². The van der Waals surface area contributed by atoms with Crippen LogP contribution in [0.2, 0.25) is 5.02 Å². The van der Waals surface area contributed by atoms with E-state index in [9.17, 15) is 9.59 Å². The molecule has 7 nitrogen and oxygen atoms in total. The quantitative estimate of drug-likeness (QED) is 0.543. The summed E-state index contributed by atoms with van der Waals surface area (Å²) >= 11 is 6.16. The highest BCUT2D eigenvalue weighted by Crippen LogP contribution is 2.36. The van der Waals surface area contributed by atoms with Gasteiger partial charge in [-0.2, -0.15) is 0 Å². The van der Waals surface area contributed by atoms with E-state index >= 15 is 0 Å². The average molecular weight is 505 g/mol. The molecule has 3 heterocycles. The second kappa shape index (κ2) is 12.4. The highest BCUT2D eigenvalue weighted by molar-refractivity contribution is 6.30. The van der Waals surface area contributed by atoms with Gasteiger partial charge in [-0.1, -0.05) is 24.6 Å². The van der Waals surface area contributed by atoms with Gasteiger partial charge in [-0.25, -0.2) is 0 Å². The minimum Gasteiger partial charge on any atom is -0.493 e. The molecule has 0 radical (unpaired) electrons. The van der Waals surface area contributed by atoms with Gasteiger partial charge in [0.05, 0.1) is 13.2 Å². The van der Waals surface area contributed by atoms with Crippen molar-refractivity contribution in [2.75, 3.05) is 72.1 Å². The first-order chi connectivity index (χ1) is 17.0. The molecule has 4 rings (SSSR count). The minimum absolute atomic E-state index is 0.173. The normalized spacial score (nSPS) is 24.4. The zero-order valence-electron chi connectivity index (χ0n) is 21.2. The molecule has 3 aliphatic rings. The van der Waals surface area contributed by atoms with E-state index in [2.05, 4.69) is 16.7 Å². The van der Waals surface area contributed by atoms with Crippen molar-refractivity contribution in [1.82, 2.24) is 19.6 Å². The molecular formula is C27H41ClN4O3. The third-order valence-corrected chi connectivity index (χ3v) is 8.10. The molecule has 3 fully saturated rings. The van der Waals surface area contributed by atoms with E-state index in [1.54, 1.807) is 0 Å². The Hall–Kier alpha value is -1.83. The molecule has 1 aromatic rings. The van der Waals surface area contributed by atoms with Crippen molar-refractivity contribution >= 4 is 23.4 Å². The monoisotopic (exact) mass is 504 g/mol. The Morgan fingerprint density at radius 2 is 1.63 bits per heavy atom. The van der Waals surface area contributed by atoms with Crippen LogP contribution in [-0.4, -0.2) is 103 Å². The van der Waals surface area contributed by atoms with Gasteiger partial charge in [0.25, 0.3) is 0 Å². The molecule has 194 valence electrons. The van der Waals surface area contributed by atoms with E-state index in [-0.39, 0.29) is 17.2 Å². The number of carbonyl (C=O) groups excluding carboxylic acids is 2. The molecular weight excluding hydrogens is 464 g/mol. The van der Waals surface area contributed by atoms with Gasteiger partial charge in [-0.05, 0) is 56.8 Å². The molecule has 35 heavy (non-hydrogen) atoms. The minimum atomic E-state index is -0.383. The van der Waals surface area contributed by atoms with Gasteiger partial charge in [0, 0.05) is 69.2 Å². The van der Waals surface area contributed by atoms with Crippen molar-refractivity contribution in [2.24, 2.45) is 5.41 Å². The average Bonchev–Trinajstić information content (AvgIpc) is 2.89. The molecule has 0 saturated carbocycles. The third kappa shape index (κ3) is 7.34. The predicted molar refractivity (Wildman–Crippen MR) is 139 cm³/mol. The van der Waals surface area contributed by atoms with Gasteiger partial charge >= 0.3 is 0 Å². The number of rotatable bonds is 8. The fraction of sp³-hybridized carbons (Fsp3) is 0.704. The molecule has 3 aliphatic heterocycles. The number of ether oxygens (including phenoxy) is 1. The summed E-state index contributed by atoms with van der Waals surface area (Å²) in [6, 6.07) is 7.40. The summed E-state index contributed by atoms with van der Waals surface area (Å²) < 4.78 is 6.21. The first kappa shape index (κ1) is 26.2. The second-order valence-corrected chi connectivity index (χ2v) is 10.9. The maximum atomic E-state index is 13.3. The summed E-state index contributed by atoms with van der Waals surface area (Å²) in [5.41, 5.74) is -0.383. The molecule has 0 unspecified atom stereocenters. The summed E-state index contributed by atoms with van der Waals surface area (Å²) in [4.78, 5) is 35.3. The third-order valence-electron chi connectivity index (χ3n) is 7.86. The van der Waals surface area contributed by atoms with Crippen LogP contribution < -0.4 is 4.74 Å². The van der Waals surface area contributed by atoms with Crippen molar-refractivity contribution in [2.45, 2.75) is 45.4 Å². The first-order valence-corrected chi connectivity index (χ1v) is 13.7. The maximum absolute atomic E-state index is 13.3. The Balaban J connectivity index is 1.42. The van der Waals surface area contributed by atoms with E-state index in [4.69, 9.17) is 16.3 Å². The van der Waals surface area contributed by atoms with Crippen LogP contribution in [0.5, 0.6) is 5.75 Å². The van der Waals surface area contributed by atoms with E-state index in [1.165, 1.54) is 6.42 Å². The number of hydrogen-bond donors (Lipinski definition) is 0. The van der Waals surface area contributed by atoms with Crippen LogP contribution in [0.1, 0.15) is 45.4 Å². The lowest BCUT2D eigenvalue weighted by molar-refractivity contribution is -0.142. The molecule has 8 heteroatoms. The van der Waals surface area contributed by atoms with Crippen molar-refractivity contribution in [3.8, 4) is 5.75 Å². The number of halogens is 1. The number of hydrogen-bond acceptors (Lipinski definition) is 5. The molecule has 0 aliphatic carbocycles. The van der Waals surface area contributed by atoms with Gasteiger partial charge in [0.1, 0.15) is 5.75 Å². The van der Waals surface area contributed by atoms with Gasteiger partial charge < -0.3 is 19.4 Å². The van der Waals surface area contributed by atoms with E-state index < -0.39 is 0 Å². The van der Waals surface area contributed by atoms with Gasteiger partial charge in [0.2, 0.25) is 11.8 Å². The Morgan fingerprint density at radius 3 is 2.34 bits per heavy atom. The molecule has 1 aromatic carbocycles. The molecule has 1 atom stereocenters. The number of piperidine rings is 2. The van der Waals surface area contributed by atoms with Crippen molar-refractivity contribution in [1.29, 1.82) is 0 Å². The SMILES string of the molecule is CCN1CCN(CC(=O)N2CCC[C@](COc3cccc(Cl)c3)(CC(=O)N3CCCCC3)C2)CC1. The van der Waals surface area contributed by atoms with E-state index in [1.807, 2.05) is 34.1 Å². The van der Waals surface area contributed by atoms with Crippen LogP contribution >= 0.6 is 11.6 Å². The largest absolute Gasteiger partial charge is 0.493 e. The van der Waals surface area contributed by atoms with Crippen LogP contribution in [0.15, 0.2) is 24.3 Å². The van der Waals surface area contributed by atoms with Crippen molar-refractivity contribution < 1.29 is 14.3 Å². The summed E-state index contributed by atoms with van der Waals surface area (Å²) in [5, 5.41) is 0.629. The Morgan fingerprint density at radius 1 is 0.914 bits per heavy atom. The van der Waals surface area contributed by atoms with Crippen LogP contribution in [0.4, 0.5) is 0 Å². The van der Waals surface area contributed by atoms with Crippen LogP contribution in [0.3, 0.4) is 0 Å². The predicted octanol–water partition coefficient (Wildman–Crippen LogP) is 3.37. The van der Waals surface area contributed by atoms with Gasteiger partial charge in [0.15, 0.2) is 0 Å². The summed E-state index contributed by atoms with van der Waals surface area (Å²) in [6.45, 7) is 11.0.